The lowest BCUT2D eigenvalue weighted by Gasteiger charge is -2.37. The summed E-state index contributed by atoms with van der Waals surface area (Å²) in [5, 5.41) is 16.6. The van der Waals surface area contributed by atoms with E-state index in [9.17, 15) is 19.5 Å². The van der Waals surface area contributed by atoms with Crippen LogP contribution in [0.15, 0.2) is 42.5 Å². The quantitative estimate of drug-likeness (QED) is 0.374. The first kappa shape index (κ1) is 29.5. The van der Waals surface area contributed by atoms with Crippen LogP contribution < -0.4 is 15.4 Å². The summed E-state index contributed by atoms with van der Waals surface area (Å²) >= 11 is 1.63. The second kappa shape index (κ2) is 11.7. The first-order valence-electron chi connectivity index (χ1n) is 14.6. The average Bonchev–Trinajstić information content (AvgIpc) is 3.58. The second-order valence-electron chi connectivity index (χ2n) is 12.0. The Kier molecular flexibility index (Phi) is 8.39. The van der Waals surface area contributed by atoms with Crippen molar-refractivity contribution in [2.45, 2.75) is 76.0 Å². The summed E-state index contributed by atoms with van der Waals surface area (Å²) in [6.45, 7) is 10.2. The molecule has 2 aromatic rings. The molecule has 0 saturated carbocycles. The number of carbonyl (C=O) groups is 3. The van der Waals surface area contributed by atoms with E-state index in [1.807, 2.05) is 65.0 Å². The highest BCUT2D eigenvalue weighted by atomic mass is 32.2. The number of hydrogen-bond acceptors (Lipinski definition) is 6. The van der Waals surface area contributed by atoms with Crippen molar-refractivity contribution >= 4 is 40.9 Å². The minimum atomic E-state index is -0.783. The molecule has 2 aromatic carbocycles. The molecule has 9 heteroatoms. The van der Waals surface area contributed by atoms with E-state index in [1.54, 1.807) is 28.8 Å². The van der Waals surface area contributed by atoms with Gasteiger partial charge in [-0.25, -0.2) is 0 Å². The first-order chi connectivity index (χ1) is 19.6. The minimum absolute atomic E-state index is 0.0533. The summed E-state index contributed by atoms with van der Waals surface area (Å²) in [5.41, 5.74) is 3.32. The largest absolute Gasteiger partial charge is 0.494 e. The van der Waals surface area contributed by atoms with Crippen LogP contribution in [0.1, 0.15) is 51.2 Å². The van der Waals surface area contributed by atoms with Crippen molar-refractivity contribution in [2.75, 3.05) is 23.8 Å². The molecule has 6 atom stereocenters. The molecule has 1 spiro atoms. The number of aliphatic hydroxyl groups is 1. The maximum absolute atomic E-state index is 14.4. The fourth-order valence-electron chi connectivity index (χ4n) is 7.00. The third kappa shape index (κ3) is 5.34. The van der Waals surface area contributed by atoms with E-state index in [1.165, 1.54) is 0 Å². The molecule has 5 rings (SSSR count). The van der Waals surface area contributed by atoms with Crippen LogP contribution in [0.3, 0.4) is 0 Å². The number of hydrogen-bond donors (Lipinski definition) is 3. The van der Waals surface area contributed by atoms with Gasteiger partial charge in [0.1, 0.15) is 11.8 Å². The molecule has 3 saturated heterocycles. The summed E-state index contributed by atoms with van der Waals surface area (Å²) in [5.74, 6) is -0.920. The smallest absolute Gasteiger partial charge is 0.248 e. The monoisotopic (exact) mass is 579 g/mol. The Balaban J connectivity index is 1.48. The van der Waals surface area contributed by atoms with Crippen LogP contribution in [0, 0.1) is 31.6 Å². The predicted octanol–water partition coefficient (Wildman–Crippen LogP) is 4.78. The Morgan fingerprint density at radius 2 is 1.85 bits per heavy atom. The summed E-state index contributed by atoms with van der Waals surface area (Å²) in [6, 6.07) is 11.8. The van der Waals surface area contributed by atoms with Crippen LogP contribution >= 0.6 is 11.8 Å². The number of carbonyl (C=O) groups excluding carboxylic acids is 3. The van der Waals surface area contributed by atoms with Crippen LogP contribution in [0.25, 0.3) is 0 Å². The number of anilines is 2. The van der Waals surface area contributed by atoms with Gasteiger partial charge in [0.25, 0.3) is 0 Å². The Hall–Kier alpha value is -3.04. The molecule has 2 bridgehead atoms. The molecule has 3 N–H and O–H groups in total. The van der Waals surface area contributed by atoms with Gasteiger partial charge < -0.3 is 25.4 Å². The molecule has 3 aliphatic heterocycles. The number of nitrogens with zero attached hydrogens (tertiary/aromatic N) is 1. The maximum atomic E-state index is 14.4. The summed E-state index contributed by atoms with van der Waals surface area (Å²) < 4.78 is 4.79. The van der Waals surface area contributed by atoms with E-state index in [4.69, 9.17) is 4.74 Å². The van der Waals surface area contributed by atoms with Gasteiger partial charge in [0.05, 0.1) is 35.8 Å². The molecule has 3 amide bonds. The average molecular weight is 580 g/mol. The van der Waals surface area contributed by atoms with Gasteiger partial charge in [-0.2, -0.15) is 0 Å². The lowest BCUT2D eigenvalue weighted by atomic mass is 9.70. The van der Waals surface area contributed by atoms with Crippen LogP contribution in [0.4, 0.5) is 11.4 Å². The number of rotatable bonds is 10. The van der Waals surface area contributed by atoms with Gasteiger partial charge in [-0.3, -0.25) is 14.4 Å². The topological polar surface area (TPSA) is 108 Å². The number of ether oxygens (including phenoxy) is 1. The van der Waals surface area contributed by atoms with Crippen LogP contribution in [-0.4, -0.2) is 63.0 Å². The molecule has 220 valence electrons. The van der Waals surface area contributed by atoms with E-state index in [0.29, 0.717) is 30.8 Å². The molecule has 8 nitrogen and oxygen atoms in total. The number of aryl methyl sites for hydroxylation is 2. The predicted molar refractivity (Wildman–Crippen MR) is 162 cm³/mol. The number of amides is 3. The van der Waals surface area contributed by atoms with Crippen LogP contribution in [0.5, 0.6) is 5.75 Å². The number of aliphatic hydroxyl groups excluding tert-OH is 1. The van der Waals surface area contributed by atoms with Gasteiger partial charge in [0.2, 0.25) is 17.7 Å². The molecule has 0 radical (unpaired) electrons. The van der Waals surface area contributed by atoms with E-state index in [0.717, 1.165) is 23.3 Å². The number of thioether (sulfide) groups is 1. The molecule has 2 unspecified atom stereocenters. The molecule has 41 heavy (non-hydrogen) atoms. The third-order valence-electron chi connectivity index (χ3n) is 8.72. The molecule has 0 aliphatic carbocycles. The number of benzene rings is 2. The Labute approximate surface area is 246 Å². The van der Waals surface area contributed by atoms with Crippen LogP contribution in [-0.2, 0) is 14.4 Å². The zero-order valence-electron chi connectivity index (χ0n) is 24.5. The molecular formula is C32H41N3O5S. The summed E-state index contributed by atoms with van der Waals surface area (Å²) in [4.78, 5) is 44.0. The lowest BCUT2D eigenvalue weighted by Crippen LogP contribution is -2.55. The summed E-state index contributed by atoms with van der Waals surface area (Å²) in [7, 11) is 0. The fraction of sp³-hybridized carbons (Fsp3) is 0.531. The van der Waals surface area contributed by atoms with Crippen molar-refractivity contribution in [2.24, 2.45) is 17.8 Å². The van der Waals surface area contributed by atoms with Gasteiger partial charge in [-0.05, 0) is 87.4 Å². The number of likely N-dealkylation sites (tertiary alicyclic amines) is 1. The first-order valence-corrected chi connectivity index (χ1v) is 15.5. The van der Waals surface area contributed by atoms with E-state index < -0.39 is 28.7 Å². The van der Waals surface area contributed by atoms with Crippen molar-refractivity contribution in [3.63, 3.8) is 0 Å². The SMILES string of the molecule is CCOc1ccc(NC(=O)[C@@H]2[C@H]3C(=O)N([C@@H](CO)CC(C)C)C(C(=O)Nc4cc(C)ccc4C)C34CC[C@H]2S4)cc1. The second-order valence-corrected chi connectivity index (χ2v) is 13.6. The minimum Gasteiger partial charge on any atom is -0.494 e. The van der Waals surface area contributed by atoms with Crippen molar-refractivity contribution in [3.05, 3.63) is 53.6 Å². The number of fused-ring (bicyclic) bond motifs is 1. The normalized spacial score (nSPS) is 27.2. The molecule has 0 aromatic heterocycles. The molecule has 3 aliphatic rings. The van der Waals surface area contributed by atoms with E-state index in [-0.39, 0.29) is 35.5 Å². The molecule has 3 heterocycles. The Morgan fingerprint density at radius 1 is 1.12 bits per heavy atom. The Bertz CT molecular complexity index is 1310. The van der Waals surface area contributed by atoms with Gasteiger partial charge >= 0.3 is 0 Å². The maximum Gasteiger partial charge on any atom is 0.248 e. The van der Waals surface area contributed by atoms with Gasteiger partial charge in [0, 0.05) is 16.6 Å². The number of nitrogens with one attached hydrogen (secondary N) is 2. The highest BCUT2D eigenvalue weighted by Crippen LogP contribution is 2.66. The zero-order valence-corrected chi connectivity index (χ0v) is 25.3. The van der Waals surface area contributed by atoms with E-state index >= 15 is 0 Å². The highest BCUT2D eigenvalue weighted by molar-refractivity contribution is 8.02. The standard InChI is InChI=1S/C32H41N3O5S/c1-6-40-23-11-9-21(10-12-23)33-29(37)26-25-13-14-32(41-25)27(26)31(39)35(22(17-36)15-18(2)3)28(32)30(38)34-24-16-19(4)7-8-20(24)5/h7-12,16,18,22,25-28,36H,6,13-15,17H2,1-5H3,(H,33,37)(H,34,38)/t22-,25-,26+,27+,28?,32?/m1/s1. The van der Waals surface area contributed by atoms with E-state index in [2.05, 4.69) is 10.6 Å². The van der Waals surface area contributed by atoms with Gasteiger partial charge in [-0.15, -0.1) is 11.8 Å². The molecule has 3 fully saturated rings. The zero-order chi connectivity index (χ0) is 29.5. The van der Waals surface area contributed by atoms with Gasteiger partial charge in [-0.1, -0.05) is 26.0 Å². The Morgan fingerprint density at radius 3 is 2.51 bits per heavy atom. The van der Waals surface area contributed by atoms with Crippen molar-refractivity contribution < 1.29 is 24.2 Å². The lowest BCUT2D eigenvalue weighted by molar-refractivity contribution is -0.141. The molecular weight excluding hydrogens is 538 g/mol. The van der Waals surface area contributed by atoms with Crippen molar-refractivity contribution in [1.82, 2.24) is 4.90 Å². The highest BCUT2D eigenvalue weighted by Gasteiger charge is 2.74. The third-order valence-corrected chi connectivity index (χ3v) is 10.7. The van der Waals surface area contributed by atoms with Crippen molar-refractivity contribution in [3.8, 4) is 5.75 Å². The van der Waals surface area contributed by atoms with Gasteiger partial charge in [0.15, 0.2) is 0 Å². The van der Waals surface area contributed by atoms with Crippen molar-refractivity contribution in [1.29, 1.82) is 0 Å². The van der Waals surface area contributed by atoms with Crippen LogP contribution in [0.2, 0.25) is 0 Å². The summed E-state index contributed by atoms with van der Waals surface area (Å²) in [6.07, 6.45) is 1.99. The fourth-order valence-corrected chi connectivity index (χ4v) is 9.21.